The van der Waals surface area contributed by atoms with Gasteiger partial charge in [-0.05, 0) is 64.2 Å². The lowest BCUT2D eigenvalue weighted by Crippen LogP contribution is -2.53. The molecule has 0 aliphatic rings. The summed E-state index contributed by atoms with van der Waals surface area (Å²) >= 11 is 0. The highest BCUT2D eigenvalue weighted by atomic mass is 16.3. The standard InChI is InChI=1S/C38H71NO5/c1-3-5-7-9-11-13-14-15-16-17-18-19-20-21-22-23-24-26-27-29-31-35(41)37(43)34(33-40)39-38(44)36(42)32-30-28-25-12-10-8-6-4-2/h16-17,20-21,24,26,34-37,40-43H,3-15,18-19,22-23,25,27-33H2,1-2H3,(H,39,44)/b17-16+,21-20+,26-24+. The highest BCUT2D eigenvalue weighted by Gasteiger charge is 2.28. The van der Waals surface area contributed by atoms with Gasteiger partial charge in [-0.15, -0.1) is 0 Å². The van der Waals surface area contributed by atoms with Gasteiger partial charge in [0.1, 0.15) is 12.2 Å². The summed E-state index contributed by atoms with van der Waals surface area (Å²) in [7, 11) is 0. The summed E-state index contributed by atoms with van der Waals surface area (Å²) in [6.45, 7) is 3.96. The molecule has 0 radical (unpaired) electrons. The van der Waals surface area contributed by atoms with Crippen LogP contribution in [-0.2, 0) is 4.79 Å². The second-order valence-electron chi connectivity index (χ2n) is 12.5. The molecule has 0 bridgehead atoms. The second-order valence-corrected chi connectivity index (χ2v) is 12.5. The maximum absolute atomic E-state index is 12.3. The van der Waals surface area contributed by atoms with E-state index in [9.17, 15) is 25.2 Å². The van der Waals surface area contributed by atoms with Crippen molar-refractivity contribution in [2.45, 2.75) is 192 Å². The van der Waals surface area contributed by atoms with Crippen molar-refractivity contribution < 1.29 is 25.2 Å². The molecule has 1 amide bonds. The van der Waals surface area contributed by atoms with Gasteiger partial charge in [-0.2, -0.15) is 0 Å². The zero-order chi connectivity index (χ0) is 32.5. The molecule has 258 valence electrons. The number of rotatable bonds is 32. The SMILES string of the molecule is CCCCCCCCC/C=C/CC/C=C/CC/C=C/CCCC(O)C(O)C(CO)NC(=O)C(O)CCCCCCCCCC. The van der Waals surface area contributed by atoms with E-state index in [-0.39, 0.29) is 0 Å². The molecule has 6 nitrogen and oxygen atoms in total. The van der Waals surface area contributed by atoms with Crippen molar-refractivity contribution in [1.29, 1.82) is 0 Å². The molecule has 5 N–H and O–H groups in total. The van der Waals surface area contributed by atoms with Crippen molar-refractivity contribution in [2.75, 3.05) is 6.61 Å². The van der Waals surface area contributed by atoms with Crippen molar-refractivity contribution in [3.63, 3.8) is 0 Å². The van der Waals surface area contributed by atoms with Crippen LogP contribution >= 0.6 is 0 Å². The number of hydrogen-bond acceptors (Lipinski definition) is 5. The van der Waals surface area contributed by atoms with Crippen LogP contribution in [0, 0.1) is 0 Å². The van der Waals surface area contributed by atoms with Crippen molar-refractivity contribution in [3.05, 3.63) is 36.5 Å². The van der Waals surface area contributed by atoms with Gasteiger partial charge < -0.3 is 25.7 Å². The van der Waals surface area contributed by atoms with E-state index < -0.39 is 36.9 Å². The first-order valence-corrected chi connectivity index (χ1v) is 18.4. The molecule has 0 saturated heterocycles. The van der Waals surface area contributed by atoms with Crippen molar-refractivity contribution in [2.24, 2.45) is 0 Å². The Labute approximate surface area is 271 Å². The Kier molecular flexibility index (Phi) is 31.8. The molecule has 0 spiro atoms. The lowest BCUT2D eigenvalue weighted by atomic mass is 10.00. The number of aliphatic hydroxyl groups excluding tert-OH is 4. The Bertz CT molecular complexity index is 707. The molecule has 0 saturated carbocycles. The minimum Gasteiger partial charge on any atom is -0.394 e. The summed E-state index contributed by atoms with van der Waals surface area (Å²) < 4.78 is 0. The topological polar surface area (TPSA) is 110 Å². The first-order valence-electron chi connectivity index (χ1n) is 18.4. The number of nitrogens with one attached hydrogen (secondary N) is 1. The van der Waals surface area contributed by atoms with Gasteiger partial charge >= 0.3 is 0 Å². The molecule has 4 atom stereocenters. The molecular weight excluding hydrogens is 550 g/mol. The summed E-state index contributed by atoms with van der Waals surface area (Å²) in [5.74, 6) is -0.606. The Morgan fingerprint density at radius 1 is 0.545 bits per heavy atom. The smallest absolute Gasteiger partial charge is 0.249 e. The number of allylic oxidation sites excluding steroid dienone is 6. The largest absolute Gasteiger partial charge is 0.394 e. The maximum Gasteiger partial charge on any atom is 0.249 e. The molecule has 4 unspecified atom stereocenters. The van der Waals surface area contributed by atoms with Gasteiger partial charge in [-0.3, -0.25) is 4.79 Å². The van der Waals surface area contributed by atoms with E-state index >= 15 is 0 Å². The van der Waals surface area contributed by atoms with E-state index in [4.69, 9.17) is 0 Å². The Morgan fingerprint density at radius 3 is 1.43 bits per heavy atom. The Morgan fingerprint density at radius 2 is 0.955 bits per heavy atom. The minimum absolute atomic E-state index is 0.358. The summed E-state index contributed by atoms with van der Waals surface area (Å²) in [6, 6.07) is -1.01. The van der Waals surface area contributed by atoms with Crippen molar-refractivity contribution in [1.82, 2.24) is 5.32 Å². The van der Waals surface area contributed by atoms with E-state index in [1.807, 2.05) is 0 Å². The average Bonchev–Trinajstić information content (AvgIpc) is 3.03. The van der Waals surface area contributed by atoms with E-state index in [0.29, 0.717) is 19.3 Å². The zero-order valence-electron chi connectivity index (χ0n) is 28.6. The predicted molar refractivity (Wildman–Crippen MR) is 187 cm³/mol. The maximum atomic E-state index is 12.3. The van der Waals surface area contributed by atoms with Crippen LogP contribution in [0.25, 0.3) is 0 Å². The third-order valence-corrected chi connectivity index (χ3v) is 8.31. The van der Waals surface area contributed by atoms with Gasteiger partial charge in [-0.25, -0.2) is 0 Å². The molecule has 0 aliphatic carbocycles. The van der Waals surface area contributed by atoms with Gasteiger partial charge in [0.2, 0.25) is 5.91 Å². The molecule has 44 heavy (non-hydrogen) atoms. The van der Waals surface area contributed by atoms with Crippen molar-refractivity contribution in [3.8, 4) is 0 Å². The molecule has 0 aromatic rings. The molecule has 0 aromatic heterocycles. The van der Waals surface area contributed by atoms with Crippen LogP contribution in [0.15, 0.2) is 36.5 Å². The molecule has 0 fully saturated rings. The Balaban J connectivity index is 3.89. The second kappa shape index (κ2) is 32.9. The molecule has 0 heterocycles. The van der Waals surface area contributed by atoms with E-state index in [1.54, 1.807) is 0 Å². The van der Waals surface area contributed by atoms with E-state index in [2.05, 4.69) is 55.6 Å². The summed E-state index contributed by atoms with van der Waals surface area (Å²) in [4.78, 5) is 12.3. The normalized spacial score (nSPS) is 15.0. The molecular formula is C38H71NO5. The van der Waals surface area contributed by atoms with Crippen LogP contribution in [-0.4, -0.2) is 57.3 Å². The minimum atomic E-state index is -1.29. The predicted octanol–water partition coefficient (Wildman–Crippen LogP) is 8.62. The lowest BCUT2D eigenvalue weighted by Gasteiger charge is -2.27. The number of carbonyl (C=O) groups is 1. The molecule has 0 aliphatic heterocycles. The fraction of sp³-hybridized carbons (Fsp3) is 0.816. The quantitative estimate of drug-likeness (QED) is 0.0382. The summed E-state index contributed by atoms with van der Waals surface area (Å²) in [6.07, 6.45) is 36.1. The summed E-state index contributed by atoms with van der Waals surface area (Å²) in [5, 5.41) is 43.2. The van der Waals surface area contributed by atoms with Gasteiger partial charge in [0.15, 0.2) is 0 Å². The van der Waals surface area contributed by atoms with Gasteiger partial charge in [-0.1, -0.05) is 140 Å². The molecule has 6 heteroatoms. The van der Waals surface area contributed by atoms with Crippen molar-refractivity contribution >= 4 is 5.91 Å². The van der Waals surface area contributed by atoms with Crippen LogP contribution in [0.1, 0.15) is 168 Å². The fourth-order valence-corrected chi connectivity index (χ4v) is 5.32. The average molecular weight is 622 g/mol. The fourth-order valence-electron chi connectivity index (χ4n) is 5.32. The lowest BCUT2D eigenvalue weighted by molar-refractivity contribution is -0.132. The molecule has 0 rings (SSSR count). The van der Waals surface area contributed by atoms with E-state index in [1.165, 1.54) is 83.5 Å². The van der Waals surface area contributed by atoms with E-state index in [0.717, 1.165) is 51.4 Å². The number of carbonyl (C=O) groups excluding carboxylic acids is 1. The molecule has 0 aromatic carbocycles. The zero-order valence-corrected chi connectivity index (χ0v) is 28.6. The van der Waals surface area contributed by atoms with Crippen LogP contribution in [0.5, 0.6) is 0 Å². The Hall–Kier alpha value is -1.47. The first-order chi connectivity index (χ1) is 21.5. The third-order valence-electron chi connectivity index (χ3n) is 8.31. The number of amides is 1. The first kappa shape index (κ1) is 42.5. The monoisotopic (exact) mass is 622 g/mol. The van der Waals surface area contributed by atoms with Crippen LogP contribution in [0.2, 0.25) is 0 Å². The van der Waals surface area contributed by atoms with Crippen LogP contribution < -0.4 is 5.32 Å². The van der Waals surface area contributed by atoms with Crippen LogP contribution in [0.3, 0.4) is 0 Å². The van der Waals surface area contributed by atoms with Gasteiger partial charge in [0.25, 0.3) is 0 Å². The van der Waals surface area contributed by atoms with Gasteiger partial charge in [0, 0.05) is 0 Å². The third kappa shape index (κ3) is 26.9. The summed E-state index contributed by atoms with van der Waals surface area (Å²) in [5.41, 5.74) is 0. The van der Waals surface area contributed by atoms with Gasteiger partial charge in [0.05, 0.1) is 18.8 Å². The number of unbranched alkanes of at least 4 members (excludes halogenated alkanes) is 17. The number of hydrogen-bond donors (Lipinski definition) is 5. The number of aliphatic hydroxyl groups is 4. The highest BCUT2D eigenvalue weighted by Crippen LogP contribution is 2.13. The highest BCUT2D eigenvalue weighted by molar-refractivity contribution is 5.80. The van der Waals surface area contributed by atoms with Crippen LogP contribution in [0.4, 0.5) is 0 Å².